The van der Waals surface area contributed by atoms with E-state index in [9.17, 15) is 0 Å². The number of hydrogen-bond donors (Lipinski definition) is 4. The molecule has 3 heterocycles. The molecule has 47 heavy (non-hydrogen) atoms. The fraction of sp³-hybridized carbons (Fsp3) is 0.512. The highest BCUT2D eigenvalue weighted by atomic mass is 16.1. The standard InChI is InChI=1S/C31H34N4.C9H19N.CH2O/c1-31(2)24-14-18(8-11-22(24)23-12-10-21(32-3)17-25(23)31)19-9-13-27-28(15-19)35-30(34-27)29-16-20-6-4-5-7-26(20)33-29;1-3-5-8-6-7-10-9(8)4-2;1-2/h8-15,17,20,26,29,32-33H,4-7,16H2,1-3H3,(H,34,35);8-10H,3-7H2,1-2H3;1H2/t20-,26-,29?;;/m0../s1. The molecule has 4 N–H and O–H groups in total. The van der Waals surface area contributed by atoms with Crippen LogP contribution >= 0.6 is 0 Å². The zero-order chi connectivity index (χ0) is 33.1. The summed E-state index contributed by atoms with van der Waals surface area (Å²) in [5.74, 6) is 2.91. The van der Waals surface area contributed by atoms with Crippen molar-refractivity contribution in [3.05, 3.63) is 71.5 Å². The summed E-state index contributed by atoms with van der Waals surface area (Å²) < 4.78 is 0. The minimum absolute atomic E-state index is 0.0241. The number of anilines is 1. The number of nitrogens with zero attached hydrogens (tertiary/aromatic N) is 1. The van der Waals surface area contributed by atoms with Gasteiger partial charge in [0, 0.05) is 30.2 Å². The SMILES string of the molecule is C=O.CCCC1CCNC1CC.CNc1ccc2c(c1)C(C)(C)c1cc(-c3ccc4nc(C5C[C@@H]6CCCC[C@@H]6N5)[nH]c4c3)ccc1-2. The van der Waals surface area contributed by atoms with Gasteiger partial charge in [0.05, 0.1) is 17.1 Å². The summed E-state index contributed by atoms with van der Waals surface area (Å²) in [5.41, 5.74) is 11.4. The summed E-state index contributed by atoms with van der Waals surface area (Å²) in [6.45, 7) is 12.5. The topological polar surface area (TPSA) is 81.8 Å². The smallest absolute Gasteiger partial charge is 0.124 e. The first-order valence-electron chi connectivity index (χ1n) is 18.1. The fourth-order valence-electron chi connectivity index (χ4n) is 8.99. The molecule has 6 nitrogen and oxygen atoms in total. The summed E-state index contributed by atoms with van der Waals surface area (Å²) in [7, 11) is 1.99. The summed E-state index contributed by atoms with van der Waals surface area (Å²) in [5, 5.41) is 10.7. The van der Waals surface area contributed by atoms with Gasteiger partial charge in [0.2, 0.25) is 0 Å². The Morgan fingerprint density at radius 2 is 1.64 bits per heavy atom. The van der Waals surface area contributed by atoms with Crippen LogP contribution < -0.4 is 16.0 Å². The Hall–Kier alpha value is -3.48. The zero-order valence-corrected chi connectivity index (χ0v) is 29.2. The van der Waals surface area contributed by atoms with Gasteiger partial charge in [0.1, 0.15) is 12.6 Å². The van der Waals surface area contributed by atoms with Crippen molar-refractivity contribution in [3.8, 4) is 22.3 Å². The van der Waals surface area contributed by atoms with Gasteiger partial charge in [-0.25, -0.2) is 4.98 Å². The van der Waals surface area contributed by atoms with E-state index in [1.165, 1.54) is 103 Å². The van der Waals surface area contributed by atoms with Crippen LogP contribution in [0.2, 0.25) is 0 Å². The Morgan fingerprint density at radius 1 is 0.915 bits per heavy atom. The van der Waals surface area contributed by atoms with Crippen molar-refractivity contribution in [2.24, 2.45) is 11.8 Å². The lowest BCUT2D eigenvalue weighted by molar-refractivity contribution is -0.0980. The van der Waals surface area contributed by atoms with E-state index in [1.54, 1.807) is 0 Å². The summed E-state index contributed by atoms with van der Waals surface area (Å²) >= 11 is 0. The molecular formula is C41H55N5O. The van der Waals surface area contributed by atoms with Crippen molar-refractivity contribution < 1.29 is 4.79 Å². The Kier molecular flexibility index (Phi) is 10.2. The average Bonchev–Trinajstić information content (AvgIpc) is 3.89. The van der Waals surface area contributed by atoms with Crippen LogP contribution in [-0.2, 0) is 10.2 Å². The van der Waals surface area contributed by atoms with Crippen LogP contribution in [0.4, 0.5) is 5.69 Å². The number of aromatic amines is 1. The monoisotopic (exact) mass is 633 g/mol. The van der Waals surface area contributed by atoms with E-state index in [-0.39, 0.29) is 5.41 Å². The molecule has 0 bridgehead atoms. The maximum absolute atomic E-state index is 8.00. The minimum Gasteiger partial charge on any atom is -0.388 e. The van der Waals surface area contributed by atoms with Crippen molar-refractivity contribution in [3.63, 3.8) is 0 Å². The van der Waals surface area contributed by atoms with E-state index in [2.05, 4.69) is 103 Å². The highest BCUT2D eigenvalue weighted by Crippen LogP contribution is 2.50. The van der Waals surface area contributed by atoms with Gasteiger partial charge in [-0.3, -0.25) is 0 Å². The van der Waals surface area contributed by atoms with Crippen LogP contribution in [0.1, 0.15) is 108 Å². The van der Waals surface area contributed by atoms with E-state index in [0.717, 1.165) is 34.7 Å². The third kappa shape index (κ3) is 6.51. The second kappa shape index (κ2) is 14.3. The van der Waals surface area contributed by atoms with Crippen molar-refractivity contribution >= 4 is 23.5 Å². The molecule has 1 aromatic heterocycles. The second-order valence-corrected chi connectivity index (χ2v) is 14.7. The number of carbonyl (C=O) groups is 1. The molecule has 2 aliphatic carbocycles. The van der Waals surface area contributed by atoms with Crippen LogP contribution in [0, 0.1) is 11.8 Å². The van der Waals surface area contributed by atoms with Gasteiger partial charge < -0.3 is 25.7 Å². The lowest BCUT2D eigenvalue weighted by atomic mass is 9.81. The third-order valence-corrected chi connectivity index (χ3v) is 11.6. The molecule has 6 heteroatoms. The first-order chi connectivity index (χ1) is 22.9. The van der Waals surface area contributed by atoms with E-state index < -0.39 is 0 Å². The van der Waals surface area contributed by atoms with Crippen LogP contribution in [0.5, 0.6) is 0 Å². The predicted octanol–water partition coefficient (Wildman–Crippen LogP) is 9.16. The van der Waals surface area contributed by atoms with E-state index in [1.807, 2.05) is 13.8 Å². The molecular weight excluding hydrogens is 578 g/mol. The van der Waals surface area contributed by atoms with Crippen LogP contribution in [0.3, 0.4) is 0 Å². The Morgan fingerprint density at radius 3 is 2.38 bits per heavy atom. The van der Waals surface area contributed by atoms with Crippen molar-refractivity contribution in [2.75, 3.05) is 18.9 Å². The lowest BCUT2D eigenvalue weighted by Gasteiger charge is -2.24. The summed E-state index contributed by atoms with van der Waals surface area (Å²) in [6, 6.07) is 22.3. The molecule has 3 unspecified atom stereocenters. The molecule has 250 valence electrons. The maximum Gasteiger partial charge on any atom is 0.124 e. The number of H-pyrrole nitrogens is 1. The predicted molar refractivity (Wildman–Crippen MR) is 197 cm³/mol. The molecule has 0 radical (unpaired) electrons. The zero-order valence-electron chi connectivity index (χ0n) is 29.2. The van der Waals surface area contributed by atoms with Gasteiger partial charge in [0.15, 0.2) is 0 Å². The molecule has 3 fully saturated rings. The Labute approximate surface area is 281 Å². The number of aromatic nitrogens is 2. The molecule has 2 aliphatic heterocycles. The molecule has 8 rings (SSSR count). The first kappa shape index (κ1) is 33.4. The molecule has 5 atom stereocenters. The Bertz CT molecular complexity index is 1660. The van der Waals surface area contributed by atoms with Gasteiger partial charge in [0.25, 0.3) is 0 Å². The fourth-order valence-corrected chi connectivity index (χ4v) is 8.99. The third-order valence-electron chi connectivity index (χ3n) is 11.6. The normalized spacial score (nSPS) is 25.2. The van der Waals surface area contributed by atoms with Crippen molar-refractivity contribution in [1.82, 2.24) is 20.6 Å². The summed E-state index contributed by atoms with van der Waals surface area (Å²) in [6.07, 6.45) is 12.1. The number of rotatable bonds is 6. The molecule has 4 aliphatic rings. The first-order valence-corrected chi connectivity index (χ1v) is 18.1. The number of benzene rings is 3. The van der Waals surface area contributed by atoms with Gasteiger partial charge in [-0.2, -0.15) is 0 Å². The van der Waals surface area contributed by atoms with E-state index in [0.29, 0.717) is 12.1 Å². The highest BCUT2D eigenvalue weighted by Gasteiger charge is 2.37. The number of imidazole rings is 1. The molecule has 1 saturated carbocycles. The van der Waals surface area contributed by atoms with Crippen LogP contribution in [-0.4, -0.2) is 42.4 Å². The van der Waals surface area contributed by atoms with Crippen LogP contribution in [0.25, 0.3) is 33.3 Å². The largest absolute Gasteiger partial charge is 0.388 e. The van der Waals surface area contributed by atoms with Gasteiger partial charge in [-0.05, 0) is 121 Å². The van der Waals surface area contributed by atoms with Crippen molar-refractivity contribution in [1.29, 1.82) is 0 Å². The number of fused-ring (bicyclic) bond motifs is 5. The highest BCUT2D eigenvalue weighted by molar-refractivity contribution is 5.87. The molecule has 3 aromatic carbocycles. The van der Waals surface area contributed by atoms with Gasteiger partial charge in [-0.15, -0.1) is 0 Å². The Balaban J connectivity index is 0.000000276. The van der Waals surface area contributed by atoms with Crippen molar-refractivity contribution in [2.45, 2.75) is 109 Å². The summed E-state index contributed by atoms with van der Waals surface area (Å²) in [4.78, 5) is 16.7. The van der Waals surface area contributed by atoms with Gasteiger partial charge in [-0.1, -0.05) is 71.2 Å². The maximum atomic E-state index is 8.00. The molecule has 2 saturated heterocycles. The van der Waals surface area contributed by atoms with E-state index in [4.69, 9.17) is 9.78 Å². The molecule has 0 amide bonds. The van der Waals surface area contributed by atoms with E-state index >= 15 is 0 Å². The number of carbonyl (C=O) groups excluding carboxylic acids is 1. The van der Waals surface area contributed by atoms with Gasteiger partial charge >= 0.3 is 0 Å². The minimum atomic E-state index is -0.0241. The quantitative estimate of drug-likeness (QED) is 0.170. The molecule has 0 spiro atoms. The second-order valence-electron chi connectivity index (χ2n) is 14.7. The molecule has 4 aromatic rings. The average molecular weight is 634 g/mol. The van der Waals surface area contributed by atoms with Crippen LogP contribution in [0.15, 0.2) is 54.6 Å². The number of nitrogens with one attached hydrogen (secondary N) is 4. The lowest BCUT2D eigenvalue weighted by Crippen LogP contribution is -2.30. The number of hydrogen-bond acceptors (Lipinski definition) is 5.